The molecule has 2 heterocycles. The van der Waals surface area contributed by atoms with Gasteiger partial charge in [0.15, 0.2) is 11.5 Å². The quantitative estimate of drug-likeness (QED) is 0.751. The van der Waals surface area contributed by atoms with E-state index in [1.165, 1.54) is 18.3 Å². The topological polar surface area (TPSA) is 107 Å². The van der Waals surface area contributed by atoms with Crippen molar-refractivity contribution in [1.29, 1.82) is 0 Å². The maximum atomic E-state index is 11.5. The number of nitrogens with two attached hydrogens (primary N) is 1. The number of rotatable bonds is 3. The van der Waals surface area contributed by atoms with Crippen LogP contribution in [-0.4, -0.2) is 21.3 Å². The third-order valence-electron chi connectivity index (χ3n) is 1.83. The van der Waals surface area contributed by atoms with Gasteiger partial charge in [0.1, 0.15) is 5.82 Å². The lowest BCUT2D eigenvalue weighted by atomic mass is 10.3. The van der Waals surface area contributed by atoms with Crippen molar-refractivity contribution in [3.8, 4) is 0 Å². The number of anilines is 1. The highest BCUT2D eigenvalue weighted by Gasteiger charge is 2.08. The number of nitrogens with zero attached hydrogens (tertiary/aromatic N) is 3. The molecule has 82 valence electrons. The third-order valence-corrected chi connectivity index (χ3v) is 1.83. The number of nitrogen functional groups attached to an aromatic ring is 1. The highest BCUT2D eigenvalue weighted by molar-refractivity contribution is 5.92. The van der Waals surface area contributed by atoms with Crippen molar-refractivity contribution in [2.75, 3.05) is 5.73 Å². The standard InChI is InChI=1S/C9H9N5O2/c10-8-2-1-7(13-14-8)9(15)11-5-6-3-4-12-16-6/h1-4H,5H2,(H2,10,14)(H,11,15). The normalized spacial score (nSPS) is 10.0. The first-order valence-electron chi connectivity index (χ1n) is 4.52. The maximum absolute atomic E-state index is 11.5. The van der Waals surface area contributed by atoms with E-state index in [9.17, 15) is 4.79 Å². The Bertz CT molecular complexity index is 465. The number of hydrogen-bond donors (Lipinski definition) is 2. The molecule has 0 saturated carbocycles. The van der Waals surface area contributed by atoms with Crippen LogP contribution >= 0.6 is 0 Å². The summed E-state index contributed by atoms with van der Waals surface area (Å²) in [6.07, 6.45) is 1.50. The van der Waals surface area contributed by atoms with Gasteiger partial charge in [-0.3, -0.25) is 4.79 Å². The second-order valence-electron chi connectivity index (χ2n) is 3.00. The van der Waals surface area contributed by atoms with E-state index >= 15 is 0 Å². The Kier molecular flexibility index (Phi) is 2.77. The lowest BCUT2D eigenvalue weighted by molar-refractivity contribution is 0.0941. The molecule has 0 radical (unpaired) electrons. The molecule has 16 heavy (non-hydrogen) atoms. The Morgan fingerprint density at radius 2 is 2.25 bits per heavy atom. The summed E-state index contributed by atoms with van der Waals surface area (Å²) in [5, 5.41) is 13.3. The van der Waals surface area contributed by atoms with E-state index in [4.69, 9.17) is 10.3 Å². The average molecular weight is 219 g/mol. The zero-order valence-electron chi connectivity index (χ0n) is 8.25. The van der Waals surface area contributed by atoms with Crippen molar-refractivity contribution in [3.05, 3.63) is 35.9 Å². The second kappa shape index (κ2) is 4.39. The number of hydrogen-bond acceptors (Lipinski definition) is 6. The fraction of sp³-hybridized carbons (Fsp3) is 0.111. The van der Waals surface area contributed by atoms with Crippen LogP contribution in [0.2, 0.25) is 0 Å². The summed E-state index contributed by atoms with van der Waals surface area (Å²) in [5.74, 6) is 0.493. The fourth-order valence-electron chi connectivity index (χ4n) is 1.05. The molecule has 2 aromatic rings. The van der Waals surface area contributed by atoms with Gasteiger partial charge in [0.05, 0.1) is 12.7 Å². The summed E-state index contributed by atoms with van der Waals surface area (Å²) in [6, 6.07) is 4.67. The zero-order valence-corrected chi connectivity index (χ0v) is 8.25. The SMILES string of the molecule is Nc1ccc(C(=O)NCc2ccno2)nn1. The van der Waals surface area contributed by atoms with Crippen LogP contribution in [0.5, 0.6) is 0 Å². The molecular formula is C9H9N5O2. The number of nitrogens with one attached hydrogen (secondary N) is 1. The number of carbonyl (C=O) groups excluding carboxylic acids is 1. The van der Waals surface area contributed by atoms with Gasteiger partial charge in [0.2, 0.25) is 0 Å². The molecule has 2 aromatic heterocycles. The smallest absolute Gasteiger partial charge is 0.272 e. The molecule has 1 amide bonds. The molecule has 0 spiro atoms. The monoisotopic (exact) mass is 219 g/mol. The first kappa shape index (κ1) is 10.1. The van der Waals surface area contributed by atoms with Crippen LogP contribution in [0.25, 0.3) is 0 Å². The first-order valence-corrected chi connectivity index (χ1v) is 4.52. The summed E-state index contributed by atoms with van der Waals surface area (Å²) in [6.45, 7) is 0.255. The Morgan fingerprint density at radius 1 is 1.38 bits per heavy atom. The van der Waals surface area contributed by atoms with Crippen LogP contribution < -0.4 is 11.1 Å². The molecule has 7 heteroatoms. The highest BCUT2D eigenvalue weighted by atomic mass is 16.5. The molecular weight excluding hydrogens is 210 g/mol. The largest absolute Gasteiger partial charge is 0.382 e. The summed E-state index contributed by atoms with van der Waals surface area (Å²) in [4.78, 5) is 11.5. The molecule has 0 bridgehead atoms. The van der Waals surface area contributed by atoms with E-state index in [0.29, 0.717) is 5.76 Å². The second-order valence-corrected chi connectivity index (χ2v) is 3.00. The summed E-state index contributed by atoms with van der Waals surface area (Å²) in [5.41, 5.74) is 5.55. The van der Waals surface area contributed by atoms with Crippen LogP contribution in [0, 0.1) is 0 Å². The first-order chi connectivity index (χ1) is 7.75. The summed E-state index contributed by atoms with van der Waals surface area (Å²) >= 11 is 0. The Hall–Kier alpha value is -2.44. The predicted molar refractivity (Wildman–Crippen MR) is 54.1 cm³/mol. The third kappa shape index (κ3) is 2.32. The Morgan fingerprint density at radius 3 is 2.88 bits per heavy atom. The summed E-state index contributed by atoms with van der Waals surface area (Å²) in [7, 11) is 0. The molecule has 0 saturated heterocycles. The minimum absolute atomic E-state index is 0.203. The zero-order chi connectivity index (χ0) is 11.4. The van der Waals surface area contributed by atoms with Gasteiger partial charge in [-0.1, -0.05) is 5.16 Å². The van der Waals surface area contributed by atoms with Crippen molar-refractivity contribution in [2.45, 2.75) is 6.54 Å². The molecule has 0 unspecified atom stereocenters. The Labute approximate surface area is 90.6 Å². The molecule has 0 aliphatic heterocycles. The van der Waals surface area contributed by atoms with E-state index in [2.05, 4.69) is 20.7 Å². The van der Waals surface area contributed by atoms with Gasteiger partial charge in [-0.25, -0.2) is 0 Å². The number of amides is 1. The molecule has 7 nitrogen and oxygen atoms in total. The molecule has 0 fully saturated rings. The molecule has 0 aliphatic rings. The molecule has 3 N–H and O–H groups in total. The average Bonchev–Trinajstić information content (AvgIpc) is 2.80. The minimum atomic E-state index is -0.344. The van der Waals surface area contributed by atoms with E-state index in [-0.39, 0.29) is 24.0 Å². The van der Waals surface area contributed by atoms with E-state index in [1.807, 2.05) is 0 Å². The fourth-order valence-corrected chi connectivity index (χ4v) is 1.05. The van der Waals surface area contributed by atoms with Crippen molar-refractivity contribution in [3.63, 3.8) is 0 Å². The predicted octanol–water partition coefficient (Wildman–Crippen LogP) is -0.0232. The van der Waals surface area contributed by atoms with E-state index < -0.39 is 0 Å². The lowest BCUT2D eigenvalue weighted by Crippen LogP contribution is -2.23. The van der Waals surface area contributed by atoms with Crippen LogP contribution in [0.4, 0.5) is 5.82 Å². The molecule has 2 rings (SSSR count). The summed E-state index contributed by atoms with van der Waals surface area (Å²) < 4.78 is 4.82. The van der Waals surface area contributed by atoms with Gasteiger partial charge < -0.3 is 15.6 Å². The van der Waals surface area contributed by atoms with Gasteiger partial charge >= 0.3 is 0 Å². The molecule has 0 atom stereocenters. The van der Waals surface area contributed by atoms with Crippen LogP contribution in [0.1, 0.15) is 16.2 Å². The number of aromatic nitrogens is 3. The van der Waals surface area contributed by atoms with Gasteiger partial charge in [0, 0.05) is 6.07 Å². The molecule has 0 aromatic carbocycles. The van der Waals surface area contributed by atoms with Gasteiger partial charge in [-0.05, 0) is 12.1 Å². The Balaban J connectivity index is 1.95. The van der Waals surface area contributed by atoms with E-state index in [1.54, 1.807) is 6.07 Å². The van der Waals surface area contributed by atoms with Crippen molar-refractivity contribution < 1.29 is 9.32 Å². The van der Waals surface area contributed by atoms with Crippen LogP contribution in [0.3, 0.4) is 0 Å². The van der Waals surface area contributed by atoms with Crippen LogP contribution in [0.15, 0.2) is 28.9 Å². The van der Waals surface area contributed by atoms with Gasteiger partial charge in [-0.2, -0.15) is 0 Å². The van der Waals surface area contributed by atoms with Crippen LogP contribution in [-0.2, 0) is 6.54 Å². The van der Waals surface area contributed by atoms with Crippen molar-refractivity contribution in [2.24, 2.45) is 0 Å². The van der Waals surface area contributed by atoms with Crippen molar-refractivity contribution >= 4 is 11.7 Å². The molecule has 0 aliphatic carbocycles. The van der Waals surface area contributed by atoms with E-state index in [0.717, 1.165) is 0 Å². The number of carbonyl (C=O) groups is 1. The minimum Gasteiger partial charge on any atom is -0.382 e. The van der Waals surface area contributed by atoms with Gasteiger partial charge in [0.25, 0.3) is 5.91 Å². The highest BCUT2D eigenvalue weighted by Crippen LogP contribution is 1.99. The van der Waals surface area contributed by atoms with Gasteiger partial charge in [-0.15, -0.1) is 10.2 Å². The van der Waals surface area contributed by atoms with Crippen molar-refractivity contribution in [1.82, 2.24) is 20.7 Å². The maximum Gasteiger partial charge on any atom is 0.272 e. The lowest BCUT2D eigenvalue weighted by Gasteiger charge is -2.01.